The van der Waals surface area contributed by atoms with E-state index in [0.29, 0.717) is 0 Å². The van der Waals surface area contributed by atoms with Gasteiger partial charge in [-0.2, -0.15) is 13.2 Å². The maximum absolute atomic E-state index is 12.2. The largest absolute Gasteiger partial charge is 0.415 e. The number of rotatable bonds is 1. The molecule has 1 saturated heterocycles. The monoisotopic (exact) mass is 212 g/mol. The minimum absolute atomic E-state index is 0.174. The predicted octanol–water partition coefficient (Wildman–Crippen LogP) is 0.883. The summed E-state index contributed by atoms with van der Waals surface area (Å²) in [6.45, 7) is 2.30. The van der Waals surface area contributed by atoms with Gasteiger partial charge in [-0.1, -0.05) is 6.58 Å². The van der Waals surface area contributed by atoms with Crippen molar-refractivity contribution in [1.29, 1.82) is 0 Å². The lowest BCUT2D eigenvalue weighted by Gasteiger charge is -2.28. The molecule has 0 spiro atoms. The van der Waals surface area contributed by atoms with Gasteiger partial charge in [0.1, 0.15) is 5.60 Å². The number of halogens is 3. The summed E-state index contributed by atoms with van der Waals surface area (Å²) in [5.41, 5.74) is -3.39. The van der Waals surface area contributed by atoms with Crippen molar-refractivity contribution in [2.24, 2.45) is 0 Å². The van der Waals surface area contributed by atoms with Crippen molar-refractivity contribution in [3.8, 4) is 0 Å². The lowest BCUT2D eigenvalue weighted by atomic mass is 9.96. The highest BCUT2D eigenvalue weighted by molar-refractivity contribution is 5.18. The SMILES string of the molecule is C=C(C(F)(F)F)C1(O)COCCOC1. The average Bonchev–Trinajstić information content (AvgIpc) is 2.28. The average molecular weight is 212 g/mol. The van der Waals surface area contributed by atoms with Gasteiger partial charge in [-0.25, -0.2) is 0 Å². The van der Waals surface area contributed by atoms with E-state index in [0.717, 1.165) is 0 Å². The molecule has 1 rings (SSSR count). The number of hydrogen-bond acceptors (Lipinski definition) is 3. The van der Waals surface area contributed by atoms with Crippen LogP contribution in [-0.4, -0.2) is 43.3 Å². The summed E-state index contributed by atoms with van der Waals surface area (Å²) < 4.78 is 46.3. The summed E-state index contributed by atoms with van der Waals surface area (Å²) in [4.78, 5) is 0. The van der Waals surface area contributed by atoms with Gasteiger partial charge >= 0.3 is 6.18 Å². The molecule has 0 aliphatic carbocycles. The molecular formula is C8H11F3O3. The molecule has 0 aromatic rings. The van der Waals surface area contributed by atoms with Gasteiger partial charge in [0.15, 0.2) is 0 Å². The fourth-order valence-corrected chi connectivity index (χ4v) is 1.08. The first-order valence-electron chi connectivity index (χ1n) is 4.01. The van der Waals surface area contributed by atoms with Crippen molar-refractivity contribution >= 4 is 0 Å². The van der Waals surface area contributed by atoms with E-state index in [4.69, 9.17) is 9.47 Å². The molecular weight excluding hydrogens is 201 g/mol. The third kappa shape index (κ3) is 2.46. The van der Waals surface area contributed by atoms with Crippen molar-refractivity contribution in [3.05, 3.63) is 12.2 Å². The van der Waals surface area contributed by atoms with Crippen molar-refractivity contribution in [2.45, 2.75) is 11.8 Å². The van der Waals surface area contributed by atoms with E-state index in [2.05, 4.69) is 6.58 Å². The van der Waals surface area contributed by atoms with Crippen LogP contribution < -0.4 is 0 Å². The van der Waals surface area contributed by atoms with Gasteiger partial charge in [0, 0.05) is 0 Å². The number of alkyl halides is 3. The van der Waals surface area contributed by atoms with Gasteiger partial charge in [0.25, 0.3) is 0 Å². The van der Waals surface area contributed by atoms with E-state index in [1.54, 1.807) is 0 Å². The van der Waals surface area contributed by atoms with E-state index < -0.39 is 30.6 Å². The first-order valence-corrected chi connectivity index (χ1v) is 4.01. The lowest BCUT2D eigenvalue weighted by Crippen LogP contribution is -2.44. The Hall–Kier alpha value is -0.590. The van der Waals surface area contributed by atoms with Crippen molar-refractivity contribution in [2.75, 3.05) is 26.4 Å². The van der Waals surface area contributed by atoms with Gasteiger partial charge in [-0.05, 0) is 0 Å². The van der Waals surface area contributed by atoms with Crippen LogP contribution in [0.25, 0.3) is 0 Å². The van der Waals surface area contributed by atoms with E-state index in [9.17, 15) is 18.3 Å². The summed E-state index contributed by atoms with van der Waals surface area (Å²) in [5.74, 6) is 0. The van der Waals surface area contributed by atoms with E-state index >= 15 is 0 Å². The van der Waals surface area contributed by atoms with Crippen LogP contribution in [0.1, 0.15) is 0 Å². The Morgan fingerprint density at radius 2 is 1.64 bits per heavy atom. The highest BCUT2D eigenvalue weighted by atomic mass is 19.4. The van der Waals surface area contributed by atoms with Crippen LogP contribution in [0.15, 0.2) is 12.2 Å². The molecule has 0 aromatic heterocycles. The molecule has 6 heteroatoms. The molecule has 1 N–H and O–H groups in total. The molecule has 0 unspecified atom stereocenters. The lowest BCUT2D eigenvalue weighted by molar-refractivity contribution is -0.135. The van der Waals surface area contributed by atoms with Crippen LogP contribution in [-0.2, 0) is 9.47 Å². The smallest absolute Gasteiger partial charge is 0.380 e. The molecule has 82 valence electrons. The van der Waals surface area contributed by atoms with Crippen LogP contribution in [0.4, 0.5) is 13.2 Å². The number of ether oxygens (including phenoxy) is 2. The molecule has 0 bridgehead atoms. The van der Waals surface area contributed by atoms with E-state index in [1.165, 1.54) is 0 Å². The highest BCUT2D eigenvalue weighted by Gasteiger charge is 2.47. The van der Waals surface area contributed by atoms with Crippen LogP contribution in [0.3, 0.4) is 0 Å². The Balaban J connectivity index is 2.76. The fourth-order valence-electron chi connectivity index (χ4n) is 1.08. The zero-order valence-corrected chi connectivity index (χ0v) is 7.43. The van der Waals surface area contributed by atoms with Gasteiger partial charge in [0.05, 0.1) is 32.0 Å². The Kier molecular flexibility index (Phi) is 3.18. The molecule has 14 heavy (non-hydrogen) atoms. The van der Waals surface area contributed by atoms with Gasteiger partial charge in [-0.3, -0.25) is 0 Å². The van der Waals surface area contributed by atoms with Gasteiger partial charge in [0.2, 0.25) is 0 Å². The second kappa shape index (κ2) is 3.88. The fraction of sp³-hybridized carbons (Fsp3) is 0.750. The molecule has 3 nitrogen and oxygen atoms in total. The van der Waals surface area contributed by atoms with Crippen molar-refractivity contribution < 1.29 is 27.8 Å². The first kappa shape index (κ1) is 11.5. The molecule has 0 amide bonds. The Morgan fingerprint density at radius 3 is 2.00 bits per heavy atom. The maximum atomic E-state index is 12.2. The third-order valence-electron chi connectivity index (χ3n) is 1.96. The second-order valence-electron chi connectivity index (χ2n) is 3.11. The van der Waals surface area contributed by atoms with Crippen molar-refractivity contribution in [3.63, 3.8) is 0 Å². The molecule has 1 aliphatic rings. The zero-order valence-electron chi connectivity index (χ0n) is 7.43. The van der Waals surface area contributed by atoms with Crippen LogP contribution in [0.2, 0.25) is 0 Å². The summed E-state index contributed by atoms with van der Waals surface area (Å²) in [7, 11) is 0. The Bertz CT molecular complexity index is 216. The number of aliphatic hydroxyl groups is 1. The molecule has 0 radical (unpaired) electrons. The first-order chi connectivity index (χ1) is 6.36. The van der Waals surface area contributed by atoms with Crippen LogP contribution in [0.5, 0.6) is 0 Å². The molecule has 0 saturated carbocycles. The van der Waals surface area contributed by atoms with Crippen LogP contribution >= 0.6 is 0 Å². The van der Waals surface area contributed by atoms with Gasteiger partial charge < -0.3 is 14.6 Å². The normalized spacial score (nSPS) is 22.9. The van der Waals surface area contributed by atoms with Gasteiger partial charge in [-0.15, -0.1) is 0 Å². The topological polar surface area (TPSA) is 38.7 Å². The quantitative estimate of drug-likeness (QED) is 0.656. The third-order valence-corrected chi connectivity index (χ3v) is 1.96. The zero-order chi connectivity index (χ0) is 10.8. The molecule has 1 heterocycles. The maximum Gasteiger partial charge on any atom is 0.415 e. The Morgan fingerprint density at radius 1 is 1.21 bits per heavy atom. The molecule has 0 aromatic carbocycles. The molecule has 1 fully saturated rings. The van der Waals surface area contributed by atoms with Crippen LogP contribution in [0, 0.1) is 0 Å². The summed E-state index contributed by atoms with van der Waals surface area (Å²) in [5, 5.41) is 9.59. The summed E-state index contributed by atoms with van der Waals surface area (Å²) in [6.07, 6.45) is -4.63. The molecule has 0 atom stereocenters. The Labute approximate surface area is 79.1 Å². The number of hydrogen-bond donors (Lipinski definition) is 1. The minimum Gasteiger partial charge on any atom is -0.380 e. The second-order valence-corrected chi connectivity index (χ2v) is 3.11. The predicted molar refractivity (Wildman–Crippen MR) is 41.8 cm³/mol. The van der Waals surface area contributed by atoms with E-state index in [-0.39, 0.29) is 13.2 Å². The van der Waals surface area contributed by atoms with E-state index in [1.807, 2.05) is 0 Å². The summed E-state index contributed by atoms with van der Waals surface area (Å²) in [6, 6.07) is 0. The summed E-state index contributed by atoms with van der Waals surface area (Å²) >= 11 is 0. The standard InChI is InChI=1S/C8H11F3O3/c1-6(8(9,10)11)7(12)4-13-2-3-14-5-7/h12H,1-5H2. The molecule has 1 aliphatic heterocycles. The minimum atomic E-state index is -4.63. The van der Waals surface area contributed by atoms with Crippen molar-refractivity contribution in [1.82, 2.24) is 0 Å². The highest BCUT2D eigenvalue weighted by Crippen LogP contribution is 2.33.